The normalized spacial score (nSPS) is 16.0. The fourth-order valence-corrected chi connectivity index (χ4v) is 2.36. The van der Waals surface area contributed by atoms with Gasteiger partial charge in [0, 0.05) is 17.5 Å². The molecule has 0 unspecified atom stereocenters. The first-order valence-corrected chi connectivity index (χ1v) is 6.79. The van der Waals surface area contributed by atoms with Crippen molar-refractivity contribution in [2.24, 2.45) is 0 Å². The number of hydrogen-bond donors (Lipinski definition) is 1. The number of halogens is 1. The first kappa shape index (κ1) is 13.7. The van der Waals surface area contributed by atoms with Crippen molar-refractivity contribution >= 4 is 23.2 Å². The van der Waals surface area contributed by atoms with Crippen molar-refractivity contribution in [3.05, 3.63) is 47.1 Å². The highest BCUT2D eigenvalue weighted by atomic mass is 35.5. The Morgan fingerprint density at radius 1 is 1.43 bits per heavy atom. The van der Waals surface area contributed by atoms with Crippen molar-refractivity contribution in [1.29, 1.82) is 0 Å². The second kappa shape index (κ2) is 5.61. The van der Waals surface area contributed by atoms with E-state index in [4.69, 9.17) is 21.1 Å². The third kappa shape index (κ3) is 2.92. The first-order chi connectivity index (χ1) is 10.2. The SMILES string of the molecule is COc1ccc(NC(=O)[C@H]2Cc3cc(Cl)ccc3O2)cn1. The van der Waals surface area contributed by atoms with Crippen LogP contribution in [0.5, 0.6) is 11.6 Å². The third-order valence-electron chi connectivity index (χ3n) is 3.20. The van der Waals surface area contributed by atoms with Crippen LogP contribution in [0.4, 0.5) is 5.69 Å². The number of fused-ring (bicyclic) bond motifs is 1. The third-order valence-corrected chi connectivity index (χ3v) is 3.44. The Morgan fingerprint density at radius 3 is 3.00 bits per heavy atom. The molecule has 1 amide bonds. The Morgan fingerprint density at radius 2 is 2.29 bits per heavy atom. The molecule has 1 N–H and O–H groups in total. The minimum atomic E-state index is -0.555. The van der Waals surface area contributed by atoms with Gasteiger partial charge in [0.1, 0.15) is 5.75 Å². The van der Waals surface area contributed by atoms with E-state index < -0.39 is 6.10 Å². The van der Waals surface area contributed by atoms with Gasteiger partial charge in [0.25, 0.3) is 5.91 Å². The van der Waals surface area contributed by atoms with Gasteiger partial charge < -0.3 is 14.8 Å². The summed E-state index contributed by atoms with van der Waals surface area (Å²) in [6, 6.07) is 8.75. The summed E-state index contributed by atoms with van der Waals surface area (Å²) in [6.07, 6.45) is 1.49. The van der Waals surface area contributed by atoms with Crippen LogP contribution in [-0.4, -0.2) is 24.1 Å². The molecule has 2 aromatic rings. The fourth-order valence-electron chi connectivity index (χ4n) is 2.16. The van der Waals surface area contributed by atoms with Crippen LogP contribution in [0.1, 0.15) is 5.56 Å². The van der Waals surface area contributed by atoms with E-state index in [9.17, 15) is 4.79 Å². The van der Waals surface area contributed by atoms with E-state index >= 15 is 0 Å². The van der Waals surface area contributed by atoms with Crippen LogP contribution in [-0.2, 0) is 11.2 Å². The van der Waals surface area contributed by atoms with Gasteiger partial charge in [-0.2, -0.15) is 0 Å². The molecule has 108 valence electrons. The molecule has 1 aliphatic rings. The largest absolute Gasteiger partial charge is 0.481 e. The number of ether oxygens (including phenoxy) is 2. The summed E-state index contributed by atoms with van der Waals surface area (Å²) in [5.41, 5.74) is 1.54. The number of amides is 1. The summed E-state index contributed by atoms with van der Waals surface area (Å²) in [7, 11) is 1.54. The molecule has 0 bridgehead atoms. The monoisotopic (exact) mass is 304 g/mol. The highest BCUT2D eigenvalue weighted by Gasteiger charge is 2.29. The summed E-state index contributed by atoms with van der Waals surface area (Å²) in [4.78, 5) is 16.2. The molecule has 3 rings (SSSR count). The Labute approximate surface area is 126 Å². The van der Waals surface area contributed by atoms with E-state index in [0.29, 0.717) is 28.8 Å². The molecular formula is C15H13ClN2O3. The number of rotatable bonds is 3. The lowest BCUT2D eigenvalue weighted by atomic mass is 10.1. The fraction of sp³-hybridized carbons (Fsp3) is 0.200. The van der Waals surface area contributed by atoms with Gasteiger partial charge in [-0.05, 0) is 29.8 Å². The maximum atomic E-state index is 12.2. The minimum absolute atomic E-state index is 0.214. The molecule has 1 aromatic heterocycles. The van der Waals surface area contributed by atoms with Gasteiger partial charge in [-0.15, -0.1) is 0 Å². The van der Waals surface area contributed by atoms with Crippen LogP contribution >= 0.6 is 11.6 Å². The smallest absolute Gasteiger partial charge is 0.265 e. The number of benzene rings is 1. The zero-order chi connectivity index (χ0) is 14.8. The van der Waals surface area contributed by atoms with Gasteiger partial charge >= 0.3 is 0 Å². The average Bonchev–Trinajstić information content (AvgIpc) is 2.91. The second-order valence-electron chi connectivity index (χ2n) is 4.64. The van der Waals surface area contributed by atoms with Crippen molar-refractivity contribution in [2.75, 3.05) is 12.4 Å². The molecule has 1 aromatic carbocycles. The van der Waals surface area contributed by atoms with E-state index in [0.717, 1.165) is 5.56 Å². The number of methoxy groups -OCH3 is 1. The number of aromatic nitrogens is 1. The van der Waals surface area contributed by atoms with Crippen LogP contribution in [0.2, 0.25) is 5.02 Å². The number of hydrogen-bond acceptors (Lipinski definition) is 4. The highest BCUT2D eigenvalue weighted by molar-refractivity contribution is 6.30. The predicted octanol–water partition coefficient (Wildman–Crippen LogP) is 2.69. The van der Waals surface area contributed by atoms with Crippen molar-refractivity contribution in [3.8, 4) is 11.6 Å². The maximum absolute atomic E-state index is 12.2. The topological polar surface area (TPSA) is 60.5 Å². The van der Waals surface area contributed by atoms with Crippen molar-refractivity contribution < 1.29 is 14.3 Å². The predicted molar refractivity (Wildman–Crippen MR) is 79.0 cm³/mol. The van der Waals surface area contributed by atoms with Crippen LogP contribution in [0.15, 0.2) is 36.5 Å². The molecule has 0 spiro atoms. The Balaban J connectivity index is 1.67. The molecule has 6 heteroatoms. The standard InChI is InChI=1S/C15H13ClN2O3/c1-20-14-5-3-11(8-17-14)18-15(19)13-7-9-6-10(16)2-4-12(9)21-13/h2-6,8,13H,7H2,1H3,(H,18,19)/t13-/m1/s1. The van der Waals surface area contributed by atoms with Gasteiger partial charge in [0.05, 0.1) is 19.0 Å². The lowest BCUT2D eigenvalue weighted by molar-refractivity contribution is -0.122. The quantitative estimate of drug-likeness (QED) is 0.947. The van der Waals surface area contributed by atoms with E-state index in [1.54, 1.807) is 24.3 Å². The summed E-state index contributed by atoms with van der Waals surface area (Å²) in [5, 5.41) is 3.41. The van der Waals surface area contributed by atoms with Crippen LogP contribution in [0.25, 0.3) is 0 Å². The average molecular weight is 305 g/mol. The molecule has 0 fully saturated rings. The second-order valence-corrected chi connectivity index (χ2v) is 5.08. The lowest BCUT2D eigenvalue weighted by Gasteiger charge is -2.11. The minimum Gasteiger partial charge on any atom is -0.481 e. The van der Waals surface area contributed by atoms with Crippen LogP contribution in [0.3, 0.4) is 0 Å². The first-order valence-electron chi connectivity index (χ1n) is 6.41. The molecule has 21 heavy (non-hydrogen) atoms. The Hall–Kier alpha value is -2.27. The van der Waals surface area contributed by atoms with E-state index in [1.165, 1.54) is 13.3 Å². The number of pyridine rings is 1. The van der Waals surface area contributed by atoms with E-state index in [2.05, 4.69) is 10.3 Å². The van der Waals surface area contributed by atoms with Crippen molar-refractivity contribution in [3.63, 3.8) is 0 Å². The number of nitrogens with one attached hydrogen (secondary N) is 1. The van der Waals surface area contributed by atoms with Gasteiger partial charge in [-0.25, -0.2) is 4.98 Å². The van der Waals surface area contributed by atoms with Crippen molar-refractivity contribution in [1.82, 2.24) is 4.98 Å². The Kier molecular flexibility index (Phi) is 3.66. The molecule has 0 saturated heterocycles. The molecule has 0 aliphatic carbocycles. The summed E-state index contributed by atoms with van der Waals surface area (Å²) >= 11 is 5.93. The van der Waals surface area contributed by atoms with Gasteiger partial charge in [-0.3, -0.25) is 4.79 Å². The molecule has 1 atom stereocenters. The van der Waals surface area contributed by atoms with Gasteiger partial charge in [-0.1, -0.05) is 11.6 Å². The van der Waals surface area contributed by atoms with Crippen LogP contribution < -0.4 is 14.8 Å². The highest BCUT2D eigenvalue weighted by Crippen LogP contribution is 2.31. The maximum Gasteiger partial charge on any atom is 0.265 e. The number of nitrogens with zero attached hydrogens (tertiary/aromatic N) is 1. The lowest BCUT2D eigenvalue weighted by Crippen LogP contribution is -2.31. The van der Waals surface area contributed by atoms with Crippen molar-refractivity contribution in [2.45, 2.75) is 12.5 Å². The molecular weight excluding hydrogens is 292 g/mol. The molecule has 2 heterocycles. The van der Waals surface area contributed by atoms with Crippen LogP contribution in [0, 0.1) is 0 Å². The van der Waals surface area contributed by atoms with E-state index in [1.807, 2.05) is 6.07 Å². The summed E-state index contributed by atoms with van der Waals surface area (Å²) in [5.74, 6) is 0.980. The molecule has 0 radical (unpaired) electrons. The summed E-state index contributed by atoms with van der Waals surface area (Å²) in [6.45, 7) is 0. The van der Waals surface area contributed by atoms with E-state index in [-0.39, 0.29) is 5.91 Å². The Bertz CT molecular complexity index is 673. The molecule has 1 aliphatic heterocycles. The zero-order valence-corrected chi connectivity index (χ0v) is 12.1. The zero-order valence-electron chi connectivity index (χ0n) is 11.3. The molecule has 0 saturated carbocycles. The number of anilines is 1. The number of carbonyl (C=O) groups excluding carboxylic acids is 1. The number of carbonyl (C=O) groups is 1. The molecule has 5 nitrogen and oxygen atoms in total. The van der Waals surface area contributed by atoms with Gasteiger partial charge in [0.15, 0.2) is 6.10 Å². The van der Waals surface area contributed by atoms with Gasteiger partial charge in [0.2, 0.25) is 5.88 Å². The summed E-state index contributed by atoms with van der Waals surface area (Å²) < 4.78 is 10.6.